The minimum atomic E-state index is 0.00180. The van der Waals surface area contributed by atoms with Crippen molar-refractivity contribution in [2.24, 2.45) is 0 Å². The highest BCUT2D eigenvalue weighted by Crippen LogP contribution is 2.26. The van der Waals surface area contributed by atoms with E-state index >= 15 is 0 Å². The van der Waals surface area contributed by atoms with Crippen molar-refractivity contribution in [2.75, 3.05) is 32.6 Å². The zero-order valence-electron chi connectivity index (χ0n) is 19.5. The lowest BCUT2D eigenvalue weighted by Gasteiger charge is -2.33. The van der Waals surface area contributed by atoms with Crippen LogP contribution in [0.2, 0.25) is 0 Å². The molecule has 0 amide bonds. The predicted octanol–water partition coefficient (Wildman–Crippen LogP) is 2.74. The Morgan fingerprint density at radius 1 is 1.15 bits per heavy atom. The second-order valence-corrected chi connectivity index (χ2v) is 9.49. The van der Waals surface area contributed by atoms with Gasteiger partial charge in [-0.25, -0.2) is 9.97 Å². The number of fused-ring (bicyclic) bond motifs is 1. The Hall–Kier alpha value is -2.78. The summed E-state index contributed by atoms with van der Waals surface area (Å²) in [5, 5.41) is 4.42. The fraction of sp³-hybridized carbons (Fsp3) is 0.583. The topological polar surface area (TPSA) is 101 Å². The molecule has 5 rings (SSSR count). The van der Waals surface area contributed by atoms with Crippen molar-refractivity contribution in [3.63, 3.8) is 0 Å². The Morgan fingerprint density at radius 3 is 2.64 bits per heavy atom. The first kappa shape index (κ1) is 22.0. The van der Waals surface area contributed by atoms with Crippen LogP contribution in [0.3, 0.4) is 0 Å². The molecule has 1 aliphatic heterocycles. The molecular weight excluding hydrogens is 418 g/mol. The van der Waals surface area contributed by atoms with E-state index in [2.05, 4.69) is 39.3 Å². The van der Waals surface area contributed by atoms with Crippen molar-refractivity contribution in [3.8, 4) is 0 Å². The van der Waals surface area contributed by atoms with Crippen molar-refractivity contribution in [1.82, 2.24) is 29.4 Å². The zero-order valence-corrected chi connectivity index (χ0v) is 19.5. The molecular formula is C24H33N7O2. The Morgan fingerprint density at radius 2 is 1.94 bits per heavy atom. The number of H-pyrrole nitrogens is 1. The van der Waals surface area contributed by atoms with Crippen LogP contribution in [-0.2, 0) is 11.2 Å². The average molecular weight is 452 g/mol. The molecule has 3 aromatic heterocycles. The van der Waals surface area contributed by atoms with Crippen LogP contribution in [0.25, 0.3) is 11.0 Å². The van der Waals surface area contributed by atoms with E-state index in [0.717, 1.165) is 36.9 Å². The number of anilines is 1. The molecule has 1 aliphatic carbocycles. The first-order valence-electron chi connectivity index (χ1n) is 12.0. The lowest BCUT2D eigenvalue weighted by molar-refractivity contribution is 0.0696. The van der Waals surface area contributed by atoms with E-state index in [1.165, 1.54) is 12.8 Å². The van der Waals surface area contributed by atoms with E-state index < -0.39 is 0 Å². The highest BCUT2D eigenvalue weighted by molar-refractivity contribution is 5.76. The number of aromatic nitrogens is 5. The SMILES string of the molecule is CN(C)C1CCC(Nc2ncc3cc(Cc4ncc[nH]4)c(=O)n(C4CCOCC4)c3n2)CC1. The van der Waals surface area contributed by atoms with E-state index in [0.29, 0.717) is 48.9 Å². The van der Waals surface area contributed by atoms with Crippen LogP contribution < -0.4 is 10.9 Å². The lowest BCUT2D eigenvalue weighted by Crippen LogP contribution is -2.36. The van der Waals surface area contributed by atoms with Gasteiger partial charge in [-0.15, -0.1) is 0 Å². The third-order valence-electron chi connectivity index (χ3n) is 7.08. The summed E-state index contributed by atoms with van der Waals surface area (Å²) < 4.78 is 7.44. The first-order chi connectivity index (χ1) is 16.1. The van der Waals surface area contributed by atoms with E-state index in [1.54, 1.807) is 12.4 Å². The zero-order chi connectivity index (χ0) is 22.8. The van der Waals surface area contributed by atoms with Gasteiger partial charge in [0, 0.05) is 67.3 Å². The van der Waals surface area contributed by atoms with E-state index in [9.17, 15) is 4.79 Å². The molecule has 2 aliphatic rings. The molecule has 2 N–H and O–H groups in total. The third kappa shape index (κ3) is 4.79. The van der Waals surface area contributed by atoms with Gasteiger partial charge in [0.1, 0.15) is 11.5 Å². The summed E-state index contributed by atoms with van der Waals surface area (Å²) in [6.07, 6.45) is 11.9. The van der Waals surface area contributed by atoms with Crippen molar-refractivity contribution >= 4 is 17.0 Å². The van der Waals surface area contributed by atoms with Crippen molar-refractivity contribution in [1.29, 1.82) is 0 Å². The van der Waals surface area contributed by atoms with Crippen LogP contribution in [-0.4, -0.2) is 68.8 Å². The van der Waals surface area contributed by atoms with Crippen molar-refractivity contribution in [2.45, 2.75) is 63.1 Å². The normalized spacial score (nSPS) is 22.2. The number of ether oxygens (including phenoxy) is 1. The summed E-state index contributed by atoms with van der Waals surface area (Å²) >= 11 is 0. The Labute approximate surface area is 193 Å². The summed E-state index contributed by atoms with van der Waals surface area (Å²) in [6, 6.07) is 3.00. The minimum Gasteiger partial charge on any atom is -0.381 e. The van der Waals surface area contributed by atoms with E-state index in [1.807, 2.05) is 16.8 Å². The van der Waals surface area contributed by atoms with Crippen molar-refractivity contribution < 1.29 is 4.74 Å². The lowest BCUT2D eigenvalue weighted by atomic mass is 9.91. The number of pyridine rings is 1. The maximum atomic E-state index is 13.6. The minimum absolute atomic E-state index is 0.00180. The van der Waals surface area contributed by atoms with Gasteiger partial charge in [0.25, 0.3) is 5.56 Å². The average Bonchev–Trinajstić information content (AvgIpc) is 3.34. The van der Waals surface area contributed by atoms with Crippen LogP contribution >= 0.6 is 0 Å². The number of imidazole rings is 1. The highest BCUT2D eigenvalue weighted by atomic mass is 16.5. The number of nitrogens with zero attached hydrogens (tertiary/aromatic N) is 5. The number of nitrogens with one attached hydrogen (secondary N) is 2. The number of hydrogen-bond acceptors (Lipinski definition) is 7. The van der Waals surface area contributed by atoms with Gasteiger partial charge in [-0.1, -0.05) is 0 Å². The largest absolute Gasteiger partial charge is 0.381 e. The molecule has 9 heteroatoms. The van der Waals surface area contributed by atoms with Gasteiger partial charge in [0.15, 0.2) is 0 Å². The van der Waals surface area contributed by atoms with Gasteiger partial charge in [-0.05, 0) is 58.7 Å². The fourth-order valence-corrected chi connectivity index (χ4v) is 5.15. The van der Waals surface area contributed by atoms with Crippen LogP contribution in [0, 0.1) is 0 Å². The summed E-state index contributed by atoms with van der Waals surface area (Å²) in [5.74, 6) is 1.38. The molecule has 1 saturated heterocycles. The number of aromatic amines is 1. The van der Waals surface area contributed by atoms with Crippen LogP contribution in [0.1, 0.15) is 56.0 Å². The summed E-state index contributed by atoms with van der Waals surface area (Å²) in [6.45, 7) is 1.32. The maximum Gasteiger partial charge on any atom is 0.256 e. The number of rotatable bonds is 6. The third-order valence-corrected chi connectivity index (χ3v) is 7.08. The Bertz CT molecular complexity index is 1130. The monoisotopic (exact) mass is 451 g/mol. The molecule has 9 nitrogen and oxygen atoms in total. The van der Waals surface area contributed by atoms with Crippen molar-refractivity contribution in [3.05, 3.63) is 46.4 Å². The maximum absolute atomic E-state index is 13.6. The first-order valence-corrected chi connectivity index (χ1v) is 12.0. The number of hydrogen-bond donors (Lipinski definition) is 2. The second-order valence-electron chi connectivity index (χ2n) is 9.49. The molecule has 1 saturated carbocycles. The second kappa shape index (κ2) is 9.61. The smallest absolute Gasteiger partial charge is 0.256 e. The fourth-order valence-electron chi connectivity index (χ4n) is 5.15. The predicted molar refractivity (Wildman–Crippen MR) is 128 cm³/mol. The molecule has 2 fully saturated rings. The molecule has 4 heterocycles. The van der Waals surface area contributed by atoms with Gasteiger partial charge in [-0.2, -0.15) is 4.98 Å². The molecule has 0 atom stereocenters. The molecule has 0 radical (unpaired) electrons. The summed E-state index contributed by atoms with van der Waals surface area (Å²) in [5.41, 5.74) is 1.41. The van der Waals surface area contributed by atoms with Gasteiger partial charge in [-0.3, -0.25) is 9.36 Å². The van der Waals surface area contributed by atoms with Crippen LogP contribution in [0.15, 0.2) is 29.5 Å². The molecule has 33 heavy (non-hydrogen) atoms. The summed E-state index contributed by atoms with van der Waals surface area (Å²) in [4.78, 5) is 32.8. The standard InChI is InChI=1S/C24H33N7O2/c1-30(2)19-5-3-18(4-6-19)28-24-27-15-17-13-16(14-21-25-9-10-26-21)23(32)31(22(17)29-24)20-7-11-33-12-8-20/h9-10,13,15,18-20H,3-8,11-12,14H2,1-2H3,(H,25,26)(H,27,28,29). The van der Waals surface area contributed by atoms with E-state index in [-0.39, 0.29) is 11.6 Å². The molecule has 3 aromatic rings. The van der Waals surface area contributed by atoms with E-state index in [4.69, 9.17) is 9.72 Å². The van der Waals surface area contributed by atoms with Gasteiger partial charge in [0.2, 0.25) is 5.95 Å². The highest BCUT2D eigenvalue weighted by Gasteiger charge is 2.25. The molecule has 0 spiro atoms. The van der Waals surface area contributed by atoms with Crippen LogP contribution in [0.4, 0.5) is 5.95 Å². The Balaban J connectivity index is 1.47. The van der Waals surface area contributed by atoms with Gasteiger partial charge in [0.05, 0.1) is 0 Å². The quantitative estimate of drug-likeness (QED) is 0.594. The van der Waals surface area contributed by atoms with Gasteiger partial charge < -0.3 is 19.9 Å². The van der Waals surface area contributed by atoms with Gasteiger partial charge >= 0.3 is 0 Å². The molecule has 0 bridgehead atoms. The molecule has 0 aromatic carbocycles. The molecule has 0 unspecified atom stereocenters. The summed E-state index contributed by atoms with van der Waals surface area (Å²) in [7, 11) is 4.31. The Kier molecular flexibility index (Phi) is 6.41. The molecule has 176 valence electrons. The van der Waals surface area contributed by atoms with Crippen LogP contribution in [0.5, 0.6) is 0 Å².